The molecule has 92 valence electrons. The van der Waals surface area contributed by atoms with Crippen molar-refractivity contribution in [2.75, 3.05) is 31.7 Å². The van der Waals surface area contributed by atoms with Crippen LogP contribution in [0, 0.1) is 0 Å². The number of fused-ring (bicyclic) bond motifs is 1. The molecule has 1 heterocycles. The number of nitrogens with two attached hydrogens (primary N) is 1. The van der Waals surface area contributed by atoms with Crippen molar-refractivity contribution in [3.05, 3.63) is 17.6 Å². The number of benzene rings is 1. The second-order valence-electron chi connectivity index (χ2n) is 4.42. The summed E-state index contributed by atoms with van der Waals surface area (Å²) in [5.74, 6) is 0. The summed E-state index contributed by atoms with van der Waals surface area (Å²) in [6.45, 7) is 3.04. The fourth-order valence-electron chi connectivity index (χ4n) is 1.55. The van der Waals surface area contributed by atoms with Crippen molar-refractivity contribution in [1.29, 1.82) is 0 Å². The summed E-state index contributed by atoms with van der Waals surface area (Å²) in [7, 11) is 4.14. The SMILES string of the molecule is CC(CNc1ccc2scnc2c1N)N(C)C. The predicted molar refractivity (Wildman–Crippen MR) is 75.7 cm³/mol. The Morgan fingerprint density at radius 2 is 2.24 bits per heavy atom. The molecule has 0 amide bonds. The summed E-state index contributed by atoms with van der Waals surface area (Å²) in [6, 6.07) is 4.55. The van der Waals surface area contributed by atoms with Crippen molar-refractivity contribution < 1.29 is 0 Å². The van der Waals surface area contributed by atoms with Gasteiger partial charge in [0.25, 0.3) is 0 Å². The molecule has 2 rings (SSSR count). The van der Waals surface area contributed by atoms with Crippen LogP contribution in [0.25, 0.3) is 10.2 Å². The van der Waals surface area contributed by atoms with Gasteiger partial charge in [-0.3, -0.25) is 0 Å². The lowest BCUT2D eigenvalue weighted by Crippen LogP contribution is -2.31. The molecule has 1 atom stereocenters. The molecule has 0 spiro atoms. The number of nitrogen functional groups attached to an aromatic ring is 1. The number of nitrogens with zero attached hydrogens (tertiary/aromatic N) is 2. The van der Waals surface area contributed by atoms with E-state index < -0.39 is 0 Å². The standard InChI is InChI=1S/C12H18N4S/c1-8(16(2)3)6-14-9-4-5-10-12(11(9)13)15-7-17-10/h4-5,7-8,14H,6,13H2,1-3H3. The zero-order valence-corrected chi connectivity index (χ0v) is 11.2. The minimum absolute atomic E-state index is 0.459. The summed E-state index contributed by atoms with van der Waals surface area (Å²) >= 11 is 1.61. The molecule has 17 heavy (non-hydrogen) atoms. The first-order chi connectivity index (χ1) is 8.09. The van der Waals surface area contributed by atoms with Gasteiger partial charge in [-0.2, -0.15) is 0 Å². The molecule has 0 aliphatic rings. The number of anilines is 2. The topological polar surface area (TPSA) is 54.2 Å². The van der Waals surface area contributed by atoms with Gasteiger partial charge in [0, 0.05) is 12.6 Å². The monoisotopic (exact) mass is 250 g/mol. The van der Waals surface area contributed by atoms with Crippen LogP contribution < -0.4 is 11.1 Å². The average molecular weight is 250 g/mol. The van der Waals surface area contributed by atoms with Crippen molar-refractivity contribution >= 4 is 32.9 Å². The minimum Gasteiger partial charge on any atom is -0.395 e. The van der Waals surface area contributed by atoms with Gasteiger partial charge in [-0.25, -0.2) is 4.98 Å². The molecular formula is C12H18N4S. The number of hydrogen-bond acceptors (Lipinski definition) is 5. The van der Waals surface area contributed by atoms with E-state index in [1.807, 2.05) is 11.6 Å². The van der Waals surface area contributed by atoms with Crippen molar-refractivity contribution in [2.45, 2.75) is 13.0 Å². The maximum Gasteiger partial charge on any atom is 0.106 e. The molecule has 1 unspecified atom stereocenters. The molecule has 5 heteroatoms. The van der Waals surface area contributed by atoms with Gasteiger partial charge in [-0.1, -0.05) is 0 Å². The Hall–Kier alpha value is -1.33. The van der Waals surface area contributed by atoms with Gasteiger partial charge in [0.05, 0.1) is 21.6 Å². The van der Waals surface area contributed by atoms with Gasteiger partial charge in [0.15, 0.2) is 0 Å². The molecule has 0 saturated heterocycles. The molecule has 4 nitrogen and oxygen atoms in total. The zero-order valence-electron chi connectivity index (χ0n) is 10.4. The normalized spacial score (nSPS) is 13.2. The van der Waals surface area contributed by atoms with Crippen LogP contribution in [0.5, 0.6) is 0 Å². The lowest BCUT2D eigenvalue weighted by Gasteiger charge is -2.21. The molecule has 2 aromatic rings. The first-order valence-electron chi connectivity index (χ1n) is 5.61. The van der Waals surface area contributed by atoms with Crippen LogP contribution >= 0.6 is 11.3 Å². The van der Waals surface area contributed by atoms with E-state index in [1.54, 1.807) is 11.3 Å². The maximum absolute atomic E-state index is 6.09. The third kappa shape index (κ3) is 2.50. The third-order valence-corrected chi connectivity index (χ3v) is 3.81. The Morgan fingerprint density at radius 3 is 2.94 bits per heavy atom. The van der Waals surface area contributed by atoms with Crippen LogP contribution in [0.3, 0.4) is 0 Å². The van der Waals surface area contributed by atoms with Gasteiger partial charge < -0.3 is 16.0 Å². The van der Waals surface area contributed by atoms with E-state index >= 15 is 0 Å². The Morgan fingerprint density at radius 1 is 1.47 bits per heavy atom. The molecule has 0 aliphatic carbocycles. The Kier molecular flexibility index (Phi) is 3.49. The van der Waals surface area contributed by atoms with Crippen molar-refractivity contribution in [3.8, 4) is 0 Å². The summed E-state index contributed by atoms with van der Waals surface area (Å²) in [5, 5.41) is 3.37. The average Bonchev–Trinajstić information content (AvgIpc) is 2.76. The van der Waals surface area contributed by atoms with E-state index in [-0.39, 0.29) is 0 Å². The number of rotatable bonds is 4. The Labute approximate surface area is 105 Å². The van der Waals surface area contributed by atoms with Crippen LogP contribution in [0.1, 0.15) is 6.92 Å². The second kappa shape index (κ2) is 4.89. The fourth-order valence-corrected chi connectivity index (χ4v) is 2.24. The molecule has 3 N–H and O–H groups in total. The minimum atomic E-state index is 0.459. The highest BCUT2D eigenvalue weighted by atomic mass is 32.1. The molecule has 0 fully saturated rings. The fraction of sp³-hybridized carbons (Fsp3) is 0.417. The van der Waals surface area contributed by atoms with Crippen LogP contribution in [0.2, 0.25) is 0 Å². The highest BCUT2D eigenvalue weighted by Crippen LogP contribution is 2.29. The molecular weight excluding hydrogens is 232 g/mol. The van der Waals surface area contributed by atoms with Gasteiger partial charge in [-0.05, 0) is 33.2 Å². The van der Waals surface area contributed by atoms with Crippen LogP contribution in [0.4, 0.5) is 11.4 Å². The lowest BCUT2D eigenvalue weighted by molar-refractivity contribution is 0.326. The largest absolute Gasteiger partial charge is 0.395 e. The number of aromatic nitrogens is 1. The highest BCUT2D eigenvalue weighted by molar-refractivity contribution is 7.16. The van der Waals surface area contributed by atoms with Crippen molar-refractivity contribution in [2.24, 2.45) is 0 Å². The van der Waals surface area contributed by atoms with E-state index in [4.69, 9.17) is 5.73 Å². The van der Waals surface area contributed by atoms with Crippen LogP contribution in [-0.4, -0.2) is 36.6 Å². The van der Waals surface area contributed by atoms with E-state index in [0.717, 1.165) is 28.1 Å². The lowest BCUT2D eigenvalue weighted by atomic mass is 10.2. The van der Waals surface area contributed by atoms with E-state index in [9.17, 15) is 0 Å². The van der Waals surface area contributed by atoms with E-state index in [0.29, 0.717) is 6.04 Å². The molecule has 0 saturated carbocycles. The van der Waals surface area contributed by atoms with Gasteiger partial charge in [0.1, 0.15) is 5.52 Å². The second-order valence-corrected chi connectivity index (χ2v) is 5.31. The van der Waals surface area contributed by atoms with Crippen LogP contribution in [-0.2, 0) is 0 Å². The Balaban J connectivity index is 2.16. The summed E-state index contributed by atoms with van der Waals surface area (Å²) in [4.78, 5) is 6.46. The van der Waals surface area contributed by atoms with Crippen molar-refractivity contribution in [1.82, 2.24) is 9.88 Å². The zero-order chi connectivity index (χ0) is 12.4. The molecule has 0 bridgehead atoms. The summed E-state index contributed by atoms with van der Waals surface area (Å²) < 4.78 is 1.13. The number of hydrogen-bond donors (Lipinski definition) is 2. The predicted octanol–water partition coefficient (Wildman–Crippen LogP) is 2.24. The summed E-state index contributed by atoms with van der Waals surface area (Å²) in [6.07, 6.45) is 0. The van der Waals surface area contributed by atoms with Gasteiger partial charge >= 0.3 is 0 Å². The van der Waals surface area contributed by atoms with Gasteiger partial charge in [-0.15, -0.1) is 11.3 Å². The van der Waals surface area contributed by atoms with Gasteiger partial charge in [0.2, 0.25) is 0 Å². The number of thiazole rings is 1. The molecule has 1 aromatic heterocycles. The molecule has 0 radical (unpaired) electrons. The quantitative estimate of drug-likeness (QED) is 0.817. The van der Waals surface area contributed by atoms with Crippen molar-refractivity contribution in [3.63, 3.8) is 0 Å². The maximum atomic E-state index is 6.09. The number of likely N-dealkylation sites (N-methyl/N-ethyl adjacent to an activating group) is 1. The van der Waals surface area contributed by atoms with Crippen LogP contribution in [0.15, 0.2) is 17.6 Å². The third-order valence-electron chi connectivity index (χ3n) is 3.01. The van der Waals surface area contributed by atoms with E-state index in [2.05, 4.69) is 42.3 Å². The Bertz CT molecular complexity index is 506. The smallest absolute Gasteiger partial charge is 0.106 e. The first kappa shape index (κ1) is 12.1. The first-order valence-corrected chi connectivity index (χ1v) is 6.49. The summed E-state index contributed by atoms with van der Waals surface area (Å²) in [5.41, 5.74) is 10.5. The van der Waals surface area contributed by atoms with E-state index in [1.165, 1.54) is 0 Å². The molecule has 0 aliphatic heterocycles. The molecule has 1 aromatic carbocycles. The highest BCUT2D eigenvalue weighted by Gasteiger charge is 2.08. The number of nitrogens with one attached hydrogen (secondary N) is 1.